The van der Waals surface area contributed by atoms with E-state index in [-0.39, 0.29) is 0 Å². The summed E-state index contributed by atoms with van der Waals surface area (Å²) in [6, 6.07) is 39.7. The first kappa shape index (κ1) is 22.6. The van der Waals surface area contributed by atoms with Gasteiger partial charge in [0.05, 0.1) is 16.7 Å². The summed E-state index contributed by atoms with van der Waals surface area (Å²) in [4.78, 5) is 14.3. The van der Waals surface area contributed by atoms with Crippen molar-refractivity contribution in [1.82, 2.24) is 19.5 Å². The van der Waals surface area contributed by atoms with E-state index in [1.807, 2.05) is 42.7 Å². The Morgan fingerprint density at radius 2 is 1.16 bits per heavy atom. The number of aromatic nitrogens is 4. The molecule has 3 aromatic heterocycles. The molecule has 0 aliphatic heterocycles. The van der Waals surface area contributed by atoms with Crippen LogP contribution < -0.4 is 0 Å². The van der Waals surface area contributed by atoms with Gasteiger partial charge in [-0.25, -0.2) is 9.97 Å². The molecule has 4 aromatic carbocycles. The van der Waals surface area contributed by atoms with Crippen LogP contribution in [0.25, 0.3) is 61.4 Å². The number of rotatable bonds is 4. The fourth-order valence-corrected chi connectivity index (χ4v) is 5.52. The smallest absolute Gasteiger partial charge is 0.162 e. The third-order valence-corrected chi connectivity index (χ3v) is 7.22. The highest BCUT2D eigenvalue weighted by Gasteiger charge is 2.16. The molecule has 180 valence electrons. The minimum absolute atomic E-state index is 0.686. The van der Waals surface area contributed by atoms with Crippen LogP contribution in [0.1, 0.15) is 0 Å². The maximum Gasteiger partial charge on any atom is 0.162 e. The molecule has 0 spiro atoms. The van der Waals surface area contributed by atoms with Crippen LogP contribution in [0.15, 0.2) is 132 Å². The molecule has 7 rings (SSSR count). The Morgan fingerprint density at radius 1 is 0.526 bits per heavy atom. The number of hydrogen-bond acceptors (Lipinski definition) is 3. The van der Waals surface area contributed by atoms with Crippen LogP contribution in [0, 0.1) is 0 Å². The van der Waals surface area contributed by atoms with Gasteiger partial charge in [0.25, 0.3) is 0 Å². The number of halogens is 1. The third kappa shape index (κ3) is 3.98. The first-order valence-corrected chi connectivity index (χ1v) is 13.2. The number of benzene rings is 4. The van der Waals surface area contributed by atoms with Crippen molar-refractivity contribution in [2.24, 2.45) is 0 Å². The Bertz CT molecular complexity index is 1880. The molecule has 4 nitrogen and oxygen atoms in total. The van der Waals surface area contributed by atoms with E-state index in [1.165, 1.54) is 10.8 Å². The highest BCUT2D eigenvalue weighted by atomic mass is 79.9. The molecular weight excluding hydrogens is 532 g/mol. The van der Waals surface area contributed by atoms with E-state index < -0.39 is 0 Å². The predicted molar refractivity (Wildman–Crippen MR) is 158 cm³/mol. The van der Waals surface area contributed by atoms with E-state index in [4.69, 9.17) is 9.97 Å². The van der Waals surface area contributed by atoms with Crippen LogP contribution >= 0.6 is 15.9 Å². The van der Waals surface area contributed by atoms with Gasteiger partial charge < -0.3 is 0 Å². The monoisotopic (exact) mass is 552 g/mol. The zero-order chi connectivity index (χ0) is 25.5. The fraction of sp³-hybridized carbons (Fsp3) is 0. The summed E-state index contributed by atoms with van der Waals surface area (Å²) in [5.41, 5.74) is 7.26. The summed E-state index contributed by atoms with van der Waals surface area (Å²) in [5.74, 6) is 1.52. The van der Waals surface area contributed by atoms with Crippen molar-refractivity contribution in [2.45, 2.75) is 0 Å². The molecule has 0 N–H and O–H groups in total. The van der Waals surface area contributed by atoms with E-state index in [2.05, 4.69) is 110 Å². The normalized spacial score (nSPS) is 11.3. The molecule has 0 aliphatic rings. The standard InChI is InChI=1S/C33H21BrN4/c34-26-19-24(22-14-16-35-17-15-22)18-25(20-26)29-21-32(37-33(36-29)23-8-2-1-3-9-23)38-30-12-6-4-10-27(30)28-11-5-7-13-31(28)38/h1-21H. The molecule has 0 saturated heterocycles. The molecule has 0 saturated carbocycles. The molecule has 0 unspecified atom stereocenters. The lowest BCUT2D eigenvalue weighted by Crippen LogP contribution is -2.02. The second-order valence-electron chi connectivity index (χ2n) is 9.14. The van der Waals surface area contributed by atoms with Gasteiger partial charge in [-0.3, -0.25) is 9.55 Å². The Morgan fingerprint density at radius 3 is 1.87 bits per heavy atom. The Balaban J connectivity index is 1.51. The summed E-state index contributed by atoms with van der Waals surface area (Å²) < 4.78 is 3.23. The molecule has 7 aromatic rings. The van der Waals surface area contributed by atoms with Gasteiger partial charge in [-0.05, 0) is 53.6 Å². The fourth-order valence-electron chi connectivity index (χ4n) is 5.03. The van der Waals surface area contributed by atoms with Gasteiger partial charge in [0.1, 0.15) is 5.82 Å². The van der Waals surface area contributed by atoms with Crippen molar-refractivity contribution >= 4 is 37.7 Å². The summed E-state index contributed by atoms with van der Waals surface area (Å²) in [6.07, 6.45) is 3.63. The van der Waals surface area contributed by atoms with E-state index in [9.17, 15) is 0 Å². The summed E-state index contributed by atoms with van der Waals surface area (Å²) in [5, 5.41) is 2.40. The SMILES string of the molecule is Brc1cc(-c2ccncc2)cc(-c2cc(-n3c4ccccc4c4ccccc43)nc(-c3ccccc3)n2)c1. The Kier molecular flexibility index (Phi) is 5.56. The van der Waals surface area contributed by atoms with Crippen molar-refractivity contribution in [2.75, 3.05) is 0 Å². The number of nitrogens with zero attached hydrogens (tertiary/aromatic N) is 4. The molecule has 0 radical (unpaired) electrons. The largest absolute Gasteiger partial charge is 0.294 e. The van der Waals surface area contributed by atoms with Crippen LogP contribution in [0.2, 0.25) is 0 Å². The molecule has 0 atom stereocenters. The third-order valence-electron chi connectivity index (χ3n) is 6.76. The van der Waals surface area contributed by atoms with E-state index >= 15 is 0 Å². The van der Waals surface area contributed by atoms with E-state index in [0.29, 0.717) is 5.82 Å². The minimum Gasteiger partial charge on any atom is -0.294 e. The van der Waals surface area contributed by atoms with Crippen molar-refractivity contribution in [3.05, 3.63) is 132 Å². The van der Waals surface area contributed by atoms with Gasteiger partial charge in [0.15, 0.2) is 5.82 Å². The van der Waals surface area contributed by atoms with Gasteiger partial charge >= 0.3 is 0 Å². The molecule has 3 heterocycles. The van der Waals surface area contributed by atoms with Crippen molar-refractivity contribution in [1.29, 1.82) is 0 Å². The maximum atomic E-state index is 5.11. The molecule has 0 bridgehead atoms. The summed E-state index contributed by atoms with van der Waals surface area (Å²) in [7, 11) is 0. The summed E-state index contributed by atoms with van der Waals surface area (Å²) >= 11 is 3.73. The molecule has 0 amide bonds. The number of fused-ring (bicyclic) bond motifs is 3. The second kappa shape index (κ2) is 9.36. The lowest BCUT2D eigenvalue weighted by molar-refractivity contribution is 1.05. The second-order valence-corrected chi connectivity index (χ2v) is 10.1. The highest BCUT2D eigenvalue weighted by Crippen LogP contribution is 2.35. The number of pyridine rings is 1. The lowest BCUT2D eigenvalue weighted by Gasteiger charge is -2.13. The average molecular weight is 553 g/mol. The topological polar surface area (TPSA) is 43.6 Å². The van der Waals surface area contributed by atoms with Gasteiger partial charge in [0.2, 0.25) is 0 Å². The molecule has 38 heavy (non-hydrogen) atoms. The van der Waals surface area contributed by atoms with Crippen LogP contribution in [0.3, 0.4) is 0 Å². The number of hydrogen-bond donors (Lipinski definition) is 0. The lowest BCUT2D eigenvalue weighted by atomic mass is 10.0. The highest BCUT2D eigenvalue weighted by molar-refractivity contribution is 9.10. The molecular formula is C33H21BrN4. The first-order chi connectivity index (χ1) is 18.7. The average Bonchev–Trinajstić information content (AvgIpc) is 3.32. The number of para-hydroxylation sites is 2. The Hall–Kier alpha value is -4.61. The summed E-state index contributed by atoms with van der Waals surface area (Å²) in [6.45, 7) is 0. The maximum absolute atomic E-state index is 5.11. The molecule has 0 aliphatic carbocycles. The van der Waals surface area contributed by atoms with Crippen molar-refractivity contribution in [3.8, 4) is 39.6 Å². The first-order valence-electron chi connectivity index (χ1n) is 12.4. The van der Waals surface area contributed by atoms with E-state index in [1.54, 1.807) is 0 Å². The van der Waals surface area contributed by atoms with Crippen LogP contribution in [-0.2, 0) is 0 Å². The van der Waals surface area contributed by atoms with Crippen molar-refractivity contribution in [3.63, 3.8) is 0 Å². The van der Waals surface area contributed by atoms with Crippen molar-refractivity contribution < 1.29 is 0 Å². The zero-order valence-corrected chi connectivity index (χ0v) is 21.9. The molecule has 0 fully saturated rings. The quantitative estimate of drug-likeness (QED) is 0.219. The van der Waals surface area contributed by atoms with Gasteiger partial charge in [-0.15, -0.1) is 0 Å². The van der Waals surface area contributed by atoms with E-state index in [0.717, 1.165) is 49.3 Å². The van der Waals surface area contributed by atoms with Crippen LogP contribution in [-0.4, -0.2) is 19.5 Å². The van der Waals surface area contributed by atoms with Gasteiger partial charge in [-0.2, -0.15) is 0 Å². The zero-order valence-electron chi connectivity index (χ0n) is 20.3. The predicted octanol–water partition coefficient (Wildman–Crippen LogP) is 8.73. The molecule has 5 heteroatoms. The van der Waals surface area contributed by atoms with Gasteiger partial charge in [0, 0.05) is 44.8 Å². The minimum atomic E-state index is 0.686. The van der Waals surface area contributed by atoms with Gasteiger partial charge in [-0.1, -0.05) is 82.7 Å². The van der Waals surface area contributed by atoms with Crippen LogP contribution in [0.5, 0.6) is 0 Å². The van der Waals surface area contributed by atoms with Crippen LogP contribution in [0.4, 0.5) is 0 Å². The Labute approximate surface area is 228 Å².